The minimum atomic E-state index is -3.57. The van der Waals surface area contributed by atoms with Crippen molar-refractivity contribution in [2.75, 3.05) is 0 Å². The van der Waals surface area contributed by atoms with Crippen LogP contribution in [0.1, 0.15) is 46.0 Å². The Hall–Kier alpha value is -1.16. The van der Waals surface area contributed by atoms with Crippen LogP contribution in [-0.2, 0) is 14.6 Å². The molecule has 0 spiro atoms. The van der Waals surface area contributed by atoms with Crippen LogP contribution in [0.15, 0.2) is 35.2 Å². The second-order valence-corrected chi connectivity index (χ2v) is 7.78. The maximum absolute atomic E-state index is 12.9. The Balaban J connectivity index is 2.41. The third kappa shape index (κ3) is 2.30. The zero-order valence-electron chi connectivity index (χ0n) is 12.1. The summed E-state index contributed by atoms with van der Waals surface area (Å²) in [6, 6.07) is 8.40. The maximum atomic E-state index is 12.9. The van der Waals surface area contributed by atoms with Gasteiger partial charge in [-0.15, -0.1) is 0 Å². The fraction of sp³-hybridized carbons (Fsp3) is 0.562. The highest BCUT2D eigenvalue weighted by molar-refractivity contribution is 7.94. The fourth-order valence-electron chi connectivity index (χ4n) is 3.06. The van der Waals surface area contributed by atoms with Gasteiger partial charge in [-0.1, -0.05) is 38.5 Å². The number of sulfone groups is 1. The zero-order chi connectivity index (χ0) is 14.8. The van der Waals surface area contributed by atoms with Crippen molar-refractivity contribution in [3.63, 3.8) is 0 Å². The third-order valence-electron chi connectivity index (χ3n) is 4.17. The van der Waals surface area contributed by atoms with E-state index < -0.39 is 14.6 Å². The summed E-state index contributed by atoms with van der Waals surface area (Å²) in [5.41, 5.74) is 0. The van der Waals surface area contributed by atoms with Gasteiger partial charge < -0.3 is 0 Å². The summed E-state index contributed by atoms with van der Waals surface area (Å²) < 4.78 is 24.7. The van der Waals surface area contributed by atoms with Crippen molar-refractivity contribution in [1.82, 2.24) is 0 Å². The van der Waals surface area contributed by atoms with E-state index >= 15 is 0 Å². The largest absolute Gasteiger partial charge is 0.298 e. The molecular weight excluding hydrogens is 272 g/mol. The molecule has 0 radical (unpaired) electrons. The molecule has 0 amide bonds. The smallest absolute Gasteiger partial charge is 0.191 e. The van der Waals surface area contributed by atoms with Gasteiger partial charge >= 0.3 is 0 Å². The molecule has 0 N–H and O–H groups in total. The lowest BCUT2D eigenvalue weighted by Crippen LogP contribution is -2.35. The van der Waals surface area contributed by atoms with Crippen molar-refractivity contribution in [3.05, 3.63) is 30.3 Å². The molecule has 110 valence electrons. The highest BCUT2D eigenvalue weighted by Gasteiger charge is 2.67. The lowest BCUT2D eigenvalue weighted by molar-refractivity contribution is -0.119. The Morgan fingerprint density at radius 1 is 1.20 bits per heavy atom. The lowest BCUT2D eigenvalue weighted by Gasteiger charge is -2.17. The first-order valence-electron chi connectivity index (χ1n) is 7.33. The van der Waals surface area contributed by atoms with Crippen molar-refractivity contribution in [3.8, 4) is 0 Å². The van der Waals surface area contributed by atoms with E-state index in [-0.39, 0.29) is 16.6 Å². The van der Waals surface area contributed by atoms with Crippen LogP contribution in [-0.4, -0.2) is 18.9 Å². The average Bonchev–Trinajstić information content (AvgIpc) is 3.17. The van der Waals surface area contributed by atoms with Crippen LogP contribution in [0.3, 0.4) is 0 Å². The number of carbonyl (C=O) groups excluding carboxylic acids is 1. The molecule has 1 aromatic rings. The molecule has 20 heavy (non-hydrogen) atoms. The summed E-state index contributed by atoms with van der Waals surface area (Å²) in [6.45, 7) is 3.94. The van der Waals surface area contributed by atoms with Crippen LogP contribution < -0.4 is 0 Å². The minimum absolute atomic E-state index is 0.00300. The Morgan fingerprint density at radius 2 is 1.85 bits per heavy atom. The predicted octanol–water partition coefficient (Wildman–Crippen LogP) is 3.39. The SMILES string of the molecule is CCCC(=O)[C@]1(S(=O)(=O)c2ccccc2)C[C@@H]1CCC. The molecule has 0 saturated heterocycles. The molecule has 0 bridgehead atoms. The Bertz CT molecular complexity index is 577. The van der Waals surface area contributed by atoms with Gasteiger partial charge in [-0.2, -0.15) is 0 Å². The highest BCUT2D eigenvalue weighted by Crippen LogP contribution is 2.56. The van der Waals surface area contributed by atoms with Gasteiger partial charge in [0.15, 0.2) is 15.6 Å². The monoisotopic (exact) mass is 294 g/mol. The summed E-state index contributed by atoms with van der Waals surface area (Å²) in [7, 11) is -3.57. The first-order chi connectivity index (χ1) is 9.50. The molecule has 2 atom stereocenters. The molecule has 2 rings (SSSR count). The molecule has 0 unspecified atom stereocenters. The van der Waals surface area contributed by atoms with E-state index in [2.05, 4.69) is 0 Å². The van der Waals surface area contributed by atoms with Crippen molar-refractivity contribution >= 4 is 15.6 Å². The molecule has 0 aromatic heterocycles. The van der Waals surface area contributed by atoms with Gasteiger partial charge in [0.05, 0.1) is 4.90 Å². The molecule has 1 aliphatic carbocycles. The van der Waals surface area contributed by atoms with E-state index in [9.17, 15) is 13.2 Å². The van der Waals surface area contributed by atoms with Gasteiger partial charge in [0.1, 0.15) is 4.75 Å². The van der Waals surface area contributed by atoms with Crippen LogP contribution >= 0.6 is 0 Å². The molecule has 1 aliphatic rings. The van der Waals surface area contributed by atoms with Crippen LogP contribution in [0.4, 0.5) is 0 Å². The second kappa shape index (κ2) is 5.68. The number of benzene rings is 1. The average molecular weight is 294 g/mol. The van der Waals surface area contributed by atoms with E-state index in [4.69, 9.17) is 0 Å². The summed E-state index contributed by atoms with van der Waals surface area (Å²) in [4.78, 5) is 12.7. The first kappa shape index (κ1) is 15.2. The summed E-state index contributed by atoms with van der Waals surface area (Å²) in [5.74, 6) is -0.0981. The van der Waals surface area contributed by atoms with Gasteiger partial charge in [-0.05, 0) is 37.3 Å². The van der Waals surface area contributed by atoms with Crippen molar-refractivity contribution in [1.29, 1.82) is 0 Å². The number of hydrogen-bond donors (Lipinski definition) is 0. The Labute approximate surface area is 121 Å². The number of hydrogen-bond acceptors (Lipinski definition) is 3. The van der Waals surface area contributed by atoms with Crippen molar-refractivity contribution in [2.24, 2.45) is 5.92 Å². The van der Waals surface area contributed by atoms with Gasteiger partial charge in [-0.25, -0.2) is 8.42 Å². The molecule has 3 nitrogen and oxygen atoms in total. The molecule has 0 aliphatic heterocycles. The number of rotatable bonds is 7. The first-order valence-corrected chi connectivity index (χ1v) is 8.82. The predicted molar refractivity (Wildman–Crippen MR) is 79.3 cm³/mol. The van der Waals surface area contributed by atoms with Crippen LogP contribution in [0.2, 0.25) is 0 Å². The molecule has 1 aromatic carbocycles. The number of carbonyl (C=O) groups is 1. The third-order valence-corrected chi connectivity index (χ3v) is 6.75. The topological polar surface area (TPSA) is 51.2 Å². The second-order valence-electron chi connectivity index (χ2n) is 5.57. The van der Waals surface area contributed by atoms with Crippen LogP contribution in [0.25, 0.3) is 0 Å². The van der Waals surface area contributed by atoms with E-state index in [0.717, 1.165) is 12.8 Å². The van der Waals surface area contributed by atoms with Crippen molar-refractivity contribution in [2.45, 2.75) is 55.6 Å². The summed E-state index contributed by atoms with van der Waals surface area (Å²) >= 11 is 0. The summed E-state index contributed by atoms with van der Waals surface area (Å²) in [6.07, 6.45) is 3.27. The zero-order valence-corrected chi connectivity index (χ0v) is 12.9. The number of Topliss-reactive ketones (excluding diaryl/α,β-unsaturated/α-hetero) is 1. The molecular formula is C16H22O3S. The Morgan fingerprint density at radius 3 is 2.40 bits per heavy atom. The van der Waals surface area contributed by atoms with Gasteiger partial charge in [0.25, 0.3) is 0 Å². The van der Waals surface area contributed by atoms with Crippen molar-refractivity contribution < 1.29 is 13.2 Å². The van der Waals surface area contributed by atoms with Gasteiger partial charge in [-0.3, -0.25) is 4.79 Å². The van der Waals surface area contributed by atoms with E-state index in [1.165, 1.54) is 0 Å². The van der Waals surface area contributed by atoms with E-state index in [1.54, 1.807) is 30.3 Å². The lowest BCUT2D eigenvalue weighted by atomic mass is 10.1. The standard InChI is InChI=1S/C16H22O3S/c1-3-8-13-12-16(13,15(17)9-4-2)20(18,19)14-10-6-5-7-11-14/h5-7,10-11,13H,3-4,8-9,12H2,1-2H3/t13-,16-/m0/s1. The normalized spacial score (nSPS) is 25.4. The fourth-order valence-corrected chi connectivity index (χ4v) is 5.38. The highest BCUT2D eigenvalue weighted by atomic mass is 32.2. The molecule has 1 fully saturated rings. The maximum Gasteiger partial charge on any atom is 0.191 e. The van der Waals surface area contributed by atoms with Crippen LogP contribution in [0.5, 0.6) is 0 Å². The minimum Gasteiger partial charge on any atom is -0.298 e. The molecule has 4 heteroatoms. The van der Waals surface area contributed by atoms with Gasteiger partial charge in [0.2, 0.25) is 0 Å². The van der Waals surface area contributed by atoms with Gasteiger partial charge in [0, 0.05) is 6.42 Å². The molecule has 0 heterocycles. The molecule has 1 saturated carbocycles. The summed E-state index contributed by atoms with van der Waals surface area (Å²) in [5, 5.41) is 0. The quantitative estimate of drug-likeness (QED) is 0.774. The number of ketones is 1. The Kier molecular flexibility index (Phi) is 4.33. The van der Waals surface area contributed by atoms with E-state index in [1.807, 2.05) is 13.8 Å². The van der Waals surface area contributed by atoms with Crippen LogP contribution in [0, 0.1) is 5.92 Å². The van der Waals surface area contributed by atoms with E-state index in [0.29, 0.717) is 19.3 Å².